The number of aliphatic hydroxyl groups excluding tert-OH is 1. The van der Waals surface area contributed by atoms with E-state index in [1.165, 1.54) is 6.42 Å². The number of amides is 1. The van der Waals surface area contributed by atoms with Gasteiger partial charge in [0.1, 0.15) is 0 Å². The van der Waals surface area contributed by atoms with Crippen molar-refractivity contribution in [2.24, 2.45) is 0 Å². The van der Waals surface area contributed by atoms with Crippen LogP contribution in [0.15, 0.2) is 18.2 Å². The van der Waals surface area contributed by atoms with Crippen LogP contribution in [-0.4, -0.2) is 35.1 Å². The Morgan fingerprint density at radius 3 is 2.65 bits per heavy atom. The maximum atomic E-state index is 12.7. The molecule has 3 nitrogen and oxygen atoms in total. The van der Waals surface area contributed by atoms with E-state index >= 15 is 0 Å². The van der Waals surface area contributed by atoms with Crippen molar-refractivity contribution in [3.63, 3.8) is 0 Å². The van der Waals surface area contributed by atoms with E-state index in [0.29, 0.717) is 17.1 Å². The average Bonchev–Trinajstić information content (AvgIpc) is 2.45. The Labute approximate surface area is 125 Å². The number of aryl methyl sites for hydroxylation is 1. The fourth-order valence-electron chi connectivity index (χ4n) is 2.90. The summed E-state index contributed by atoms with van der Waals surface area (Å²) < 4.78 is 0. The van der Waals surface area contributed by atoms with Gasteiger partial charge in [0.15, 0.2) is 0 Å². The predicted octanol–water partition coefficient (Wildman–Crippen LogP) is 3.42. The second kappa shape index (κ2) is 7.09. The summed E-state index contributed by atoms with van der Waals surface area (Å²) in [4.78, 5) is 14.5. The van der Waals surface area contributed by atoms with E-state index in [-0.39, 0.29) is 18.6 Å². The third-order valence-corrected chi connectivity index (χ3v) is 4.28. The van der Waals surface area contributed by atoms with Gasteiger partial charge in [0.2, 0.25) is 0 Å². The molecule has 0 aromatic heterocycles. The van der Waals surface area contributed by atoms with E-state index in [1.807, 2.05) is 19.1 Å². The molecule has 1 saturated carbocycles. The minimum Gasteiger partial charge on any atom is -0.395 e. The smallest absolute Gasteiger partial charge is 0.255 e. The van der Waals surface area contributed by atoms with Crippen LogP contribution in [0.5, 0.6) is 0 Å². The number of benzene rings is 1. The van der Waals surface area contributed by atoms with Crippen LogP contribution in [0.25, 0.3) is 0 Å². The summed E-state index contributed by atoms with van der Waals surface area (Å²) in [5, 5.41) is 9.74. The van der Waals surface area contributed by atoms with Crippen molar-refractivity contribution in [1.29, 1.82) is 0 Å². The highest BCUT2D eigenvalue weighted by Crippen LogP contribution is 2.26. The SMILES string of the molecule is Cc1ccc(C(=O)N(CCO)C2CCCCC2)c(Cl)c1. The third kappa shape index (κ3) is 3.53. The molecule has 1 aliphatic rings. The zero-order valence-corrected chi connectivity index (χ0v) is 12.7. The van der Waals surface area contributed by atoms with Crippen LogP contribution in [0.3, 0.4) is 0 Å². The normalized spacial score (nSPS) is 16.1. The van der Waals surface area contributed by atoms with Gasteiger partial charge in [-0.1, -0.05) is 36.9 Å². The lowest BCUT2D eigenvalue weighted by Gasteiger charge is -2.34. The van der Waals surface area contributed by atoms with E-state index in [2.05, 4.69) is 0 Å². The van der Waals surface area contributed by atoms with Gasteiger partial charge in [0.25, 0.3) is 5.91 Å². The van der Waals surface area contributed by atoms with Gasteiger partial charge in [0, 0.05) is 12.6 Å². The Kier molecular flexibility index (Phi) is 5.44. The van der Waals surface area contributed by atoms with Gasteiger partial charge < -0.3 is 10.0 Å². The lowest BCUT2D eigenvalue weighted by atomic mass is 9.93. The molecule has 1 aromatic rings. The fourth-order valence-corrected chi connectivity index (χ4v) is 3.21. The minimum atomic E-state index is -0.0593. The molecule has 20 heavy (non-hydrogen) atoms. The number of hydrogen-bond acceptors (Lipinski definition) is 2. The molecule has 110 valence electrons. The Hall–Kier alpha value is -1.06. The van der Waals surface area contributed by atoms with Crippen molar-refractivity contribution in [2.45, 2.75) is 45.1 Å². The van der Waals surface area contributed by atoms with Gasteiger partial charge in [-0.15, -0.1) is 0 Å². The van der Waals surface area contributed by atoms with Crippen LogP contribution in [0.4, 0.5) is 0 Å². The van der Waals surface area contributed by atoms with Crippen molar-refractivity contribution in [1.82, 2.24) is 4.90 Å². The topological polar surface area (TPSA) is 40.5 Å². The summed E-state index contributed by atoms with van der Waals surface area (Å²) >= 11 is 6.20. The second-order valence-corrected chi connectivity index (χ2v) is 5.90. The number of aliphatic hydroxyl groups is 1. The number of rotatable bonds is 4. The Morgan fingerprint density at radius 2 is 2.05 bits per heavy atom. The van der Waals surface area contributed by atoms with Crippen molar-refractivity contribution < 1.29 is 9.90 Å². The van der Waals surface area contributed by atoms with E-state index in [1.54, 1.807) is 11.0 Å². The Morgan fingerprint density at radius 1 is 1.35 bits per heavy atom. The molecule has 0 saturated heterocycles. The zero-order chi connectivity index (χ0) is 14.5. The highest BCUT2D eigenvalue weighted by atomic mass is 35.5. The van der Waals surface area contributed by atoms with Crippen molar-refractivity contribution >= 4 is 17.5 Å². The van der Waals surface area contributed by atoms with Crippen LogP contribution >= 0.6 is 11.6 Å². The molecule has 1 aromatic carbocycles. The maximum absolute atomic E-state index is 12.7. The molecule has 0 atom stereocenters. The molecule has 0 aliphatic heterocycles. The molecule has 0 heterocycles. The fraction of sp³-hybridized carbons (Fsp3) is 0.562. The summed E-state index contributed by atoms with van der Waals surface area (Å²) in [6.07, 6.45) is 5.59. The number of carbonyl (C=O) groups is 1. The second-order valence-electron chi connectivity index (χ2n) is 5.50. The minimum absolute atomic E-state index is 0.00821. The van der Waals surface area contributed by atoms with Gasteiger partial charge in [-0.05, 0) is 37.5 Å². The molecule has 2 rings (SSSR count). The zero-order valence-electron chi connectivity index (χ0n) is 11.9. The van der Waals surface area contributed by atoms with Crippen LogP contribution in [0.2, 0.25) is 5.02 Å². The van der Waals surface area contributed by atoms with E-state index in [9.17, 15) is 9.90 Å². The summed E-state index contributed by atoms with van der Waals surface area (Å²) in [5.41, 5.74) is 1.58. The Balaban J connectivity index is 2.21. The molecule has 1 amide bonds. The van der Waals surface area contributed by atoms with Crippen molar-refractivity contribution in [3.8, 4) is 0 Å². The largest absolute Gasteiger partial charge is 0.395 e. The molecule has 1 fully saturated rings. The van der Waals surface area contributed by atoms with Gasteiger partial charge >= 0.3 is 0 Å². The van der Waals surface area contributed by atoms with Crippen LogP contribution in [0.1, 0.15) is 48.0 Å². The van der Waals surface area contributed by atoms with E-state index < -0.39 is 0 Å². The van der Waals surface area contributed by atoms with Crippen LogP contribution < -0.4 is 0 Å². The summed E-state index contributed by atoms with van der Waals surface area (Å²) in [5.74, 6) is -0.0593. The number of carbonyl (C=O) groups excluding carboxylic acids is 1. The van der Waals surface area contributed by atoms with E-state index in [0.717, 1.165) is 31.2 Å². The number of nitrogens with zero attached hydrogens (tertiary/aromatic N) is 1. The maximum Gasteiger partial charge on any atom is 0.255 e. The molecule has 1 aliphatic carbocycles. The summed E-state index contributed by atoms with van der Waals surface area (Å²) in [7, 11) is 0. The lowest BCUT2D eigenvalue weighted by Crippen LogP contribution is -2.43. The van der Waals surface area contributed by atoms with E-state index in [4.69, 9.17) is 11.6 Å². The number of hydrogen-bond donors (Lipinski definition) is 1. The third-order valence-electron chi connectivity index (χ3n) is 3.97. The molecular formula is C16H22ClNO2. The molecule has 4 heteroatoms. The first-order chi connectivity index (χ1) is 9.63. The number of halogens is 1. The van der Waals surface area contributed by atoms with Gasteiger partial charge in [-0.3, -0.25) is 4.79 Å². The first-order valence-electron chi connectivity index (χ1n) is 7.31. The monoisotopic (exact) mass is 295 g/mol. The molecule has 0 bridgehead atoms. The Bertz CT molecular complexity index is 470. The predicted molar refractivity (Wildman–Crippen MR) is 81.2 cm³/mol. The van der Waals surface area contributed by atoms with Crippen molar-refractivity contribution in [3.05, 3.63) is 34.3 Å². The van der Waals surface area contributed by atoms with Crippen LogP contribution in [0, 0.1) is 6.92 Å². The van der Waals surface area contributed by atoms with Gasteiger partial charge in [0.05, 0.1) is 17.2 Å². The van der Waals surface area contributed by atoms with Crippen LogP contribution in [-0.2, 0) is 0 Å². The molecular weight excluding hydrogens is 274 g/mol. The van der Waals surface area contributed by atoms with Crippen molar-refractivity contribution in [2.75, 3.05) is 13.2 Å². The molecule has 0 spiro atoms. The lowest BCUT2D eigenvalue weighted by molar-refractivity contribution is 0.0585. The first-order valence-corrected chi connectivity index (χ1v) is 7.69. The molecule has 0 radical (unpaired) electrons. The standard InChI is InChI=1S/C16H22ClNO2/c1-12-7-8-14(15(17)11-12)16(20)18(9-10-19)13-5-3-2-4-6-13/h7-8,11,13,19H,2-6,9-10H2,1H3. The van der Waals surface area contributed by atoms with Gasteiger partial charge in [-0.2, -0.15) is 0 Å². The van der Waals surface area contributed by atoms with Gasteiger partial charge in [-0.25, -0.2) is 0 Å². The highest BCUT2D eigenvalue weighted by molar-refractivity contribution is 6.33. The highest BCUT2D eigenvalue weighted by Gasteiger charge is 2.26. The summed E-state index contributed by atoms with van der Waals surface area (Å²) in [6.45, 7) is 2.33. The molecule has 1 N–H and O–H groups in total. The molecule has 0 unspecified atom stereocenters. The quantitative estimate of drug-likeness (QED) is 0.924. The first kappa shape index (κ1) is 15.3. The average molecular weight is 296 g/mol. The summed E-state index contributed by atoms with van der Waals surface area (Å²) in [6, 6.07) is 5.73.